The van der Waals surface area contributed by atoms with Crippen LogP contribution in [0.1, 0.15) is 20.8 Å². The minimum atomic E-state index is 0.261. The van der Waals surface area contributed by atoms with E-state index in [1.54, 1.807) is 12.4 Å². The summed E-state index contributed by atoms with van der Waals surface area (Å²) in [7, 11) is 2.04. The molecule has 0 bridgehead atoms. The average Bonchev–Trinajstić information content (AvgIpc) is 2.01. The van der Waals surface area contributed by atoms with Crippen LogP contribution in [0.2, 0.25) is 0 Å². The Hall–Kier alpha value is -1.25. The van der Waals surface area contributed by atoms with Gasteiger partial charge in [0.05, 0.1) is 17.6 Å². The summed E-state index contributed by atoms with van der Waals surface area (Å²) in [6, 6.07) is 1.83. The van der Waals surface area contributed by atoms with E-state index in [1.165, 1.54) is 0 Å². The number of hydrogen-bond acceptors (Lipinski definition) is 3. The van der Waals surface area contributed by atoms with Crippen LogP contribution in [0.4, 0.5) is 11.4 Å². The van der Waals surface area contributed by atoms with Gasteiger partial charge in [-0.25, -0.2) is 0 Å². The minimum absolute atomic E-state index is 0.261. The van der Waals surface area contributed by atoms with Crippen LogP contribution in [-0.4, -0.2) is 18.6 Å². The van der Waals surface area contributed by atoms with E-state index < -0.39 is 0 Å². The van der Waals surface area contributed by atoms with Gasteiger partial charge in [-0.15, -0.1) is 0 Å². The van der Waals surface area contributed by atoms with E-state index in [1.807, 2.05) is 13.1 Å². The summed E-state index contributed by atoms with van der Waals surface area (Å²) in [6.07, 6.45) is 3.52. The molecule has 0 saturated heterocycles. The number of aromatic nitrogens is 1. The van der Waals surface area contributed by atoms with Gasteiger partial charge >= 0.3 is 0 Å². The number of anilines is 2. The standard InChI is InChI=1S/C11H19N3/c1-11(2,3)8-14(4)10-7-13-6-5-9(10)12/h5-7H,8H2,1-4H3,(H2,12,13). The Kier molecular flexibility index (Phi) is 2.99. The van der Waals surface area contributed by atoms with Crippen molar-refractivity contribution in [2.24, 2.45) is 5.41 Å². The van der Waals surface area contributed by atoms with E-state index in [9.17, 15) is 0 Å². The summed E-state index contributed by atoms with van der Waals surface area (Å²) < 4.78 is 0. The van der Waals surface area contributed by atoms with Crippen molar-refractivity contribution < 1.29 is 0 Å². The molecule has 1 aromatic heterocycles. The smallest absolute Gasteiger partial charge is 0.0783 e. The van der Waals surface area contributed by atoms with Crippen LogP contribution in [0.5, 0.6) is 0 Å². The zero-order valence-electron chi connectivity index (χ0n) is 9.41. The minimum Gasteiger partial charge on any atom is -0.397 e. The first kappa shape index (κ1) is 10.8. The number of nitrogens with two attached hydrogens (primary N) is 1. The lowest BCUT2D eigenvalue weighted by Crippen LogP contribution is -2.29. The zero-order valence-corrected chi connectivity index (χ0v) is 9.41. The second-order valence-electron chi connectivity index (χ2n) is 4.85. The normalized spacial score (nSPS) is 11.4. The highest BCUT2D eigenvalue weighted by Crippen LogP contribution is 2.23. The maximum atomic E-state index is 5.86. The molecule has 14 heavy (non-hydrogen) atoms. The van der Waals surface area contributed by atoms with Gasteiger partial charge in [0.25, 0.3) is 0 Å². The van der Waals surface area contributed by atoms with Gasteiger partial charge < -0.3 is 10.6 Å². The Morgan fingerprint density at radius 3 is 2.57 bits per heavy atom. The van der Waals surface area contributed by atoms with Crippen LogP contribution in [0.15, 0.2) is 18.5 Å². The summed E-state index contributed by atoms with van der Waals surface area (Å²) in [5, 5.41) is 0. The predicted molar refractivity (Wildman–Crippen MR) is 61.4 cm³/mol. The van der Waals surface area contributed by atoms with Gasteiger partial charge in [-0.2, -0.15) is 0 Å². The molecule has 0 atom stereocenters. The first-order valence-corrected chi connectivity index (χ1v) is 4.81. The van der Waals surface area contributed by atoms with Gasteiger partial charge in [0.15, 0.2) is 0 Å². The number of pyridine rings is 1. The summed E-state index contributed by atoms with van der Waals surface area (Å²) in [5.74, 6) is 0. The third-order valence-electron chi connectivity index (χ3n) is 1.96. The molecule has 0 spiro atoms. The average molecular weight is 193 g/mol. The van der Waals surface area contributed by atoms with E-state index in [0.717, 1.165) is 17.9 Å². The van der Waals surface area contributed by atoms with E-state index in [2.05, 4.69) is 30.7 Å². The molecule has 1 rings (SSSR count). The summed E-state index contributed by atoms with van der Waals surface area (Å²) in [4.78, 5) is 6.22. The number of hydrogen-bond donors (Lipinski definition) is 1. The topological polar surface area (TPSA) is 42.2 Å². The fraction of sp³-hybridized carbons (Fsp3) is 0.545. The first-order chi connectivity index (χ1) is 6.40. The van der Waals surface area contributed by atoms with Crippen molar-refractivity contribution in [3.05, 3.63) is 18.5 Å². The summed E-state index contributed by atoms with van der Waals surface area (Å²) in [5.41, 5.74) is 7.91. The largest absolute Gasteiger partial charge is 0.397 e. The molecule has 0 aliphatic rings. The molecule has 3 nitrogen and oxygen atoms in total. The predicted octanol–water partition coefficient (Wildman–Crippen LogP) is 2.15. The molecule has 1 heterocycles. The Labute approximate surface area is 85.9 Å². The third-order valence-corrected chi connectivity index (χ3v) is 1.96. The Morgan fingerprint density at radius 2 is 2.07 bits per heavy atom. The lowest BCUT2D eigenvalue weighted by Gasteiger charge is -2.28. The molecule has 3 heteroatoms. The highest BCUT2D eigenvalue weighted by Gasteiger charge is 2.15. The summed E-state index contributed by atoms with van der Waals surface area (Å²) in [6.45, 7) is 7.57. The van der Waals surface area contributed by atoms with Crippen LogP contribution < -0.4 is 10.6 Å². The third kappa shape index (κ3) is 2.91. The monoisotopic (exact) mass is 193 g/mol. The number of nitrogens with zero attached hydrogens (tertiary/aromatic N) is 2. The fourth-order valence-corrected chi connectivity index (χ4v) is 1.51. The van der Waals surface area contributed by atoms with Crippen molar-refractivity contribution in [1.29, 1.82) is 0 Å². The van der Waals surface area contributed by atoms with Crippen molar-refractivity contribution in [2.45, 2.75) is 20.8 Å². The fourth-order valence-electron chi connectivity index (χ4n) is 1.51. The number of nitrogen functional groups attached to an aromatic ring is 1. The quantitative estimate of drug-likeness (QED) is 0.782. The van der Waals surface area contributed by atoms with Crippen molar-refractivity contribution in [3.8, 4) is 0 Å². The molecule has 0 aromatic carbocycles. The molecule has 0 amide bonds. The molecular formula is C11H19N3. The van der Waals surface area contributed by atoms with Gasteiger partial charge in [-0.3, -0.25) is 4.98 Å². The number of rotatable bonds is 2. The van der Waals surface area contributed by atoms with Crippen molar-refractivity contribution >= 4 is 11.4 Å². The van der Waals surface area contributed by atoms with E-state index in [0.29, 0.717) is 0 Å². The van der Waals surface area contributed by atoms with Crippen molar-refractivity contribution in [3.63, 3.8) is 0 Å². The maximum absolute atomic E-state index is 5.86. The molecule has 0 unspecified atom stereocenters. The van der Waals surface area contributed by atoms with Gasteiger partial charge in [0.2, 0.25) is 0 Å². The van der Waals surface area contributed by atoms with Gasteiger partial charge in [0.1, 0.15) is 0 Å². The van der Waals surface area contributed by atoms with Crippen LogP contribution in [0.25, 0.3) is 0 Å². The lowest BCUT2D eigenvalue weighted by atomic mass is 9.96. The first-order valence-electron chi connectivity index (χ1n) is 4.81. The molecule has 0 fully saturated rings. The van der Waals surface area contributed by atoms with Crippen LogP contribution >= 0.6 is 0 Å². The Balaban J connectivity index is 2.80. The summed E-state index contributed by atoms with van der Waals surface area (Å²) >= 11 is 0. The van der Waals surface area contributed by atoms with Crippen LogP contribution in [-0.2, 0) is 0 Å². The molecule has 0 radical (unpaired) electrons. The van der Waals surface area contributed by atoms with E-state index >= 15 is 0 Å². The molecule has 0 saturated carbocycles. The van der Waals surface area contributed by atoms with Crippen molar-refractivity contribution in [1.82, 2.24) is 4.98 Å². The van der Waals surface area contributed by atoms with Gasteiger partial charge in [-0.1, -0.05) is 20.8 Å². The highest BCUT2D eigenvalue weighted by molar-refractivity contribution is 5.65. The second kappa shape index (κ2) is 3.86. The SMILES string of the molecule is CN(CC(C)(C)C)c1cnccc1N. The Morgan fingerprint density at radius 1 is 1.43 bits per heavy atom. The molecule has 0 aliphatic carbocycles. The Bertz CT molecular complexity index is 302. The lowest BCUT2D eigenvalue weighted by molar-refractivity contribution is 0.419. The van der Waals surface area contributed by atoms with E-state index in [-0.39, 0.29) is 5.41 Å². The van der Waals surface area contributed by atoms with Crippen LogP contribution in [0.3, 0.4) is 0 Å². The zero-order chi connectivity index (χ0) is 10.8. The van der Waals surface area contributed by atoms with Gasteiger partial charge in [-0.05, 0) is 11.5 Å². The molecule has 2 N–H and O–H groups in total. The van der Waals surface area contributed by atoms with Gasteiger partial charge in [0, 0.05) is 19.8 Å². The maximum Gasteiger partial charge on any atom is 0.0783 e. The molecule has 0 aliphatic heterocycles. The molecule has 1 aromatic rings. The second-order valence-corrected chi connectivity index (χ2v) is 4.85. The van der Waals surface area contributed by atoms with Crippen LogP contribution in [0, 0.1) is 5.41 Å². The van der Waals surface area contributed by atoms with E-state index in [4.69, 9.17) is 5.73 Å². The molecule has 78 valence electrons. The highest BCUT2D eigenvalue weighted by atomic mass is 15.1. The van der Waals surface area contributed by atoms with Crippen molar-refractivity contribution in [2.75, 3.05) is 24.2 Å². The molecular weight excluding hydrogens is 174 g/mol.